The van der Waals surface area contributed by atoms with Crippen LogP contribution in [0, 0.1) is 0 Å². The van der Waals surface area contributed by atoms with Gasteiger partial charge in [0.25, 0.3) is 11.1 Å². The predicted octanol–water partition coefficient (Wildman–Crippen LogP) is 4.40. The normalized spacial score (nSPS) is 11.4. The summed E-state index contributed by atoms with van der Waals surface area (Å²) in [5, 5.41) is 3.39. The number of thiazole rings is 1. The monoisotopic (exact) mass is 452 g/mol. The molecule has 0 aliphatic rings. The lowest BCUT2D eigenvalue weighted by molar-refractivity contribution is 0.819. The highest BCUT2D eigenvalue weighted by atomic mass is 35.5. The molecule has 9 heteroatoms. The zero-order chi connectivity index (χ0) is 20.7. The Balaban J connectivity index is 1.62. The Hall–Kier alpha value is -2.94. The van der Waals surface area contributed by atoms with E-state index in [1.807, 2.05) is 29.6 Å². The van der Waals surface area contributed by atoms with E-state index in [0.29, 0.717) is 43.2 Å². The number of para-hydroxylation sites is 1. The van der Waals surface area contributed by atoms with Crippen LogP contribution in [0.1, 0.15) is 5.69 Å². The van der Waals surface area contributed by atoms with Gasteiger partial charge in [0.05, 0.1) is 22.3 Å². The maximum Gasteiger partial charge on any atom is 0.266 e. The molecule has 0 saturated heterocycles. The standard InChI is InChI=1S/C21H13ClN4O2S2/c22-13-4-3-5-15(10-13)26-19(28)16-6-1-2-7-17(16)24-21(26)30-12-14-11-18(27)25-8-9-29-20(25)23-14/h1-11H,12H2. The zero-order valence-electron chi connectivity index (χ0n) is 15.4. The summed E-state index contributed by atoms with van der Waals surface area (Å²) < 4.78 is 3.06. The van der Waals surface area contributed by atoms with Gasteiger partial charge in [-0.25, -0.2) is 9.97 Å². The first-order valence-corrected chi connectivity index (χ1v) is 11.2. The van der Waals surface area contributed by atoms with Gasteiger partial charge in [0.1, 0.15) is 0 Å². The first kappa shape index (κ1) is 19.0. The van der Waals surface area contributed by atoms with Crippen molar-refractivity contribution < 1.29 is 0 Å². The fourth-order valence-corrected chi connectivity index (χ4v) is 4.98. The first-order chi connectivity index (χ1) is 14.6. The summed E-state index contributed by atoms with van der Waals surface area (Å²) >= 11 is 8.92. The number of aromatic nitrogens is 4. The van der Waals surface area contributed by atoms with E-state index in [9.17, 15) is 9.59 Å². The van der Waals surface area contributed by atoms with Crippen molar-refractivity contribution in [2.75, 3.05) is 0 Å². The van der Waals surface area contributed by atoms with E-state index in [1.165, 1.54) is 33.6 Å². The van der Waals surface area contributed by atoms with Crippen LogP contribution in [0.2, 0.25) is 5.02 Å². The summed E-state index contributed by atoms with van der Waals surface area (Å²) in [6.07, 6.45) is 1.70. The molecule has 0 N–H and O–H groups in total. The fraction of sp³-hybridized carbons (Fsp3) is 0.0476. The van der Waals surface area contributed by atoms with Crippen LogP contribution in [-0.4, -0.2) is 18.9 Å². The highest BCUT2D eigenvalue weighted by molar-refractivity contribution is 7.98. The number of thioether (sulfide) groups is 1. The lowest BCUT2D eigenvalue weighted by Crippen LogP contribution is -2.21. The van der Waals surface area contributed by atoms with Crippen LogP contribution in [-0.2, 0) is 5.75 Å². The Morgan fingerprint density at radius 3 is 2.77 bits per heavy atom. The molecule has 2 aromatic carbocycles. The molecule has 3 aromatic heterocycles. The van der Waals surface area contributed by atoms with Crippen LogP contribution in [0.15, 0.2) is 80.9 Å². The molecule has 0 radical (unpaired) electrons. The van der Waals surface area contributed by atoms with E-state index < -0.39 is 0 Å². The van der Waals surface area contributed by atoms with Crippen LogP contribution in [0.4, 0.5) is 0 Å². The molecule has 0 unspecified atom stereocenters. The number of rotatable bonds is 4. The van der Waals surface area contributed by atoms with Crippen molar-refractivity contribution in [2.45, 2.75) is 10.9 Å². The van der Waals surface area contributed by atoms with E-state index in [-0.39, 0.29) is 11.1 Å². The highest BCUT2D eigenvalue weighted by Crippen LogP contribution is 2.25. The average molecular weight is 453 g/mol. The Morgan fingerprint density at radius 2 is 1.90 bits per heavy atom. The lowest BCUT2D eigenvalue weighted by Gasteiger charge is -2.13. The quantitative estimate of drug-likeness (QED) is 0.298. The van der Waals surface area contributed by atoms with E-state index in [2.05, 4.69) is 4.98 Å². The molecule has 3 heterocycles. The van der Waals surface area contributed by atoms with Gasteiger partial charge in [-0.1, -0.05) is 41.6 Å². The number of halogens is 1. The Kier molecular flexibility index (Phi) is 4.90. The minimum absolute atomic E-state index is 0.129. The molecule has 0 aliphatic heterocycles. The van der Waals surface area contributed by atoms with E-state index in [4.69, 9.17) is 16.6 Å². The molecule has 0 atom stereocenters. The second kappa shape index (κ2) is 7.71. The Bertz CT molecular complexity index is 1520. The smallest absolute Gasteiger partial charge is 0.266 e. The number of hydrogen-bond acceptors (Lipinski definition) is 6. The van der Waals surface area contributed by atoms with Gasteiger partial charge >= 0.3 is 0 Å². The third-order valence-electron chi connectivity index (χ3n) is 4.52. The van der Waals surface area contributed by atoms with Gasteiger partial charge in [-0.2, -0.15) is 0 Å². The van der Waals surface area contributed by atoms with Gasteiger partial charge < -0.3 is 0 Å². The minimum atomic E-state index is -0.174. The summed E-state index contributed by atoms with van der Waals surface area (Å²) in [5.74, 6) is 0.398. The number of fused-ring (bicyclic) bond motifs is 2. The second-order valence-corrected chi connectivity index (χ2v) is 8.71. The van der Waals surface area contributed by atoms with Gasteiger partial charge in [0.2, 0.25) is 0 Å². The minimum Gasteiger partial charge on any atom is -0.269 e. The Morgan fingerprint density at radius 1 is 1.03 bits per heavy atom. The molecule has 0 spiro atoms. The molecular weight excluding hydrogens is 440 g/mol. The SMILES string of the molecule is O=c1c2ccccc2nc(SCc2cc(=O)n3ccsc3n2)n1-c1cccc(Cl)c1. The maximum atomic E-state index is 13.3. The maximum absolute atomic E-state index is 13.3. The highest BCUT2D eigenvalue weighted by Gasteiger charge is 2.14. The van der Waals surface area contributed by atoms with Crippen molar-refractivity contribution >= 4 is 50.6 Å². The second-order valence-electron chi connectivity index (χ2n) is 6.46. The number of hydrogen-bond donors (Lipinski definition) is 0. The van der Waals surface area contributed by atoms with Crippen molar-refractivity contribution in [1.29, 1.82) is 0 Å². The molecule has 30 heavy (non-hydrogen) atoms. The van der Waals surface area contributed by atoms with Crippen LogP contribution >= 0.6 is 34.7 Å². The third kappa shape index (κ3) is 3.43. The molecule has 0 aliphatic carbocycles. The molecule has 6 nitrogen and oxygen atoms in total. The van der Waals surface area contributed by atoms with Gasteiger partial charge in [0.15, 0.2) is 10.1 Å². The van der Waals surface area contributed by atoms with Crippen LogP contribution in [0.3, 0.4) is 0 Å². The largest absolute Gasteiger partial charge is 0.269 e. The van der Waals surface area contributed by atoms with Crippen LogP contribution < -0.4 is 11.1 Å². The summed E-state index contributed by atoms with van der Waals surface area (Å²) in [4.78, 5) is 35.4. The number of nitrogens with zero attached hydrogens (tertiary/aromatic N) is 4. The molecule has 0 bridgehead atoms. The van der Waals surface area contributed by atoms with Gasteiger partial charge in [0, 0.05) is 28.4 Å². The summed E-state index contributed by atoms with van der Waals surface area (Å²) in [5.41, 5.74) is 1.58. The van der Waals surface area contributed by atoms with Crippen molar-refractivity contribution in [3.63, 3.8) is 0 Å². The Labute approximate surface area is 183 Å². The summed E-state index contributed by atoms with van der Waals surface area (Å²) in [6, 6.07) is 15.8. The van der Waals surface area contributed by atoms with E-state index >= 15 is 0 Å². The van der Waals surface area contributed by atoms with Gasteiger partial charge in [-0.05, 0) is 30.3 Å². The third-order valence-corrected chi connectivity index (χ3v) is 6.48. The van der Waals surface area contributed by atoms with Gasteiger partial charge in [-0.3, -0.25) is 18.6 Å². The van der Waals surface area contributed by atoms with Crippen molar-refractivity contribution in [3.05, 3.63) is 97.6 Å². The van der Waals surface area contributed by atoms with E-state index in [0.717, 1.165) is 0 Å². The van der Waals surface area contributed by atoms with Crippen LogP contribution in [0.5, 0.6) is 0 Å². The zero-order valence-corrected chi connectivity index (χ0v) is 17.7. The molecule has 0 amide bonds. The van der Waals surface area contributed by atoms with E-state index in [1.54, 1.807) is 35.0 Å². The molecule has 5 aromatic rings. The predicted molar refractivity (Wildman–Crippen MR) is 121 cm³/mol. The van der Waals surface area contributed by atoms with Crippen molar-refractivity contribution in [2.24, 2.45) is 0 Å². The van der Waals surface area contributed by atoms with Gasteiger partial charge in [-0.15, -0.1) is 11.3 Å². The molecule has 148 valence electrons. The molecule has 5 rings (SSSR count). The molecule has 0 saturated carbocycles. The topological polar surface area (TPSA) is 69.3 Å². The van der Waals surface area contributed by atoms with Crippen LogP contribution in [0.25, 0.3) is 21.6 Å². The fourth-order valence-electron chi connectivity index (χ4n) is 3.15. The van der Waals surface area contributed by atoms with Crippen molar-refractivity contribution in [3.8, 4) is 5.69 Å². The lowest BCUT2D eigenvalue weighted by atomic mass is 10.2. The summed E-state index contributed by atoms with van der Waals surface area (Å²) in [7, 11) is 0. The summed E-state index contributed by atoms with van der Waals surface area (Å²) in [6.45, 7) is 0. The molecule has 0 fully saturated rings. The van der Waals surface area contributed by atoms with Crippen molar-refractivity contribution in [1.82, 2.24) is 18.9 Å². The molecular formula is C21H13ClN4O2S2. The average Bonchev–Trinajstić information content (AvgIpc) is 3.22. The first-order valence-electron chi connectivity index (χ1n) is 8.96. The number of benzene rings is 2.